The van der Waals surface area contributed by atoms with Gasteiger partial charge in [0.15, 0.2) is 0 Å². The van der Waals surface area contributed by atoms with Crippen molar-refractivity contribution in [3.05, 3.63) is 39.1 Å². The van der Waals surface area contributed by atoms with Crippen LogP contribution in [0.5, 0.6) is 0 Å². The normalized spacial score (nSPS) is 10.8. The van der Waals surface area contributed by atoms with E-state index in [1.54, 1.807) is 21.8 Å². The van der Waals surface area contributed by atoms with Crippen molar-refractivity contribution in [3.63, 3.8) is 0 Å². The maximum Gasteiger partial charge on any atom is 0.255 e. The Morgan fingerprint density at radius 3 is 2.75 bits per heavy atom. The SMILES string of the molecule is Cc1ccc(=O)n2c(C)csc12. The van der Waals surface area contributed by atoms with Crippen LogP contribution in [0.2, 0.25) is 0 Å². The molecule has 3 heteroatoms. The van der Waals surface area contributed by atoms with Gasteiger partial charge in [-0.3, -0.25) is 9.20 Å². The first-order valence-electron chi connectivity index (χ1n) is 3.76. The van der Waals surface area contributed by atoms with Crippen molar-refractivity contribution in [2.75, 3.05) is 0 Å². The molecule has 0 radical (unpaired) electrons. The minimum absolute atomic E-state index is 0.0642. The summed E-state index contributed by atoms with van der Waals surface area (Å²) in [5.41, 5.74) is 2.24. The van der Waals surface area contributed by atoms with Gasteiger partial charge in [0.2, 0.25) is 0 Å². The summed E-state index contributed by atoms with van der Waals surface area (Å²) in [5, 5.41) is 2.00. The third-order valence-corrected chi connectivity index (χ3v) is 3.12. The van der Waals surface area contributed by atoms with E-state index in [9.17, 15) is 4.79 Å². The van der Waals surface area contributed by atoms with E-state index in [-0.39, 0.29) is 5.56 Å². The average Bonchev–Trinajstić information content (AvgIpc) is 2.42. The number of hydrogen-bond acceptors (Lipinski definition) is 2. The van der Waals surface area contributed by atoms with Gasteiger partial charge in [0.1, 0.15) is 4.83 Å². The maximum atomic E-state index is 11.4. The van der Waals surface area contributed by atoms with Crippen LogP contribution in [0.1, 0.15) is 11.3 Å². The van der Waals surface area contributed by atoms with E-state index in [1.165, 1.54) is 0 Å². The predicted octanol–water partition coefficient (Wildman–Crippen LogP) is 1.98. The first-order valence-corrected chi connectivity index (χ1v) is 4.64. The van der Waals surface area contributed by atoms with E-state index >= 15 is 0 Å². The van der Waals surface area contributed by atoms with Gasteiger partial charge < -0.3 is 0 Å². The summed E-state index contributed by atoms with van der Waals surface area (Å²) < 4.78 is 1.75. The van der Waals surface area contributed by atoms with Crippen molar-refractivity contribution in [2.24, 2.45) is 0 Å². The van der Waals surface area contributed by atoms with Crippen LogP contribution in [0.4, 0.5) is 0 Å². The summed E-state index contributed by atoms with van der Waals surface area (Å²) in [6.45, 7) is 3.97. The first kappa shape index (κ1) is 7.55. The second-order valence-electron chi connectivity index (χ2n) is 2.87. The standard InChI is InChI=1S/C9H9NOS/c1-6-3-4-8(11)10-7(2)5-12-9(6)10/h3-5H,1-2H3. The van der Waals surface area contributed by atoms with Crippen molar-refractivity contribution in [1.29, 1.82) is 0 Å². The van der Waals surface area contributed by atoms with Crippen molar-refractivity contribution in [2.45, 2.75) is 13.8 Å². The van der Waals surface area contributed by atoms with Gasteiger partial charge >= 0.3 is 0 Å². The molecule has 0 atom stereocenters. The van der Waals surface area contributed by atoms with Gasteiger partial charge in [-0.1, -0.05) is 6.07 Å². The Hall–Kier alpha value is -1.09. The van der Waals surface area contributed by atoms with Gasteiger partial charge in [-0.2, -0.15) is 0 Å². The molecular weight excluding hydrogens is 170 g/mol. The van der Waals surface area contributed by atoms with Crippen LogP contribution < -0.4 is 5.56 Å². The Morgan fingerprint density at radius 1 is 1.33 bits per heavy atom. The van der Waals surface area contributed by atoms with E-state index in [2.05, 4.69) is 0 Å². The molecule has 0 amide bonds. The number of thiazole rings is 1. The summed E-state index contributed by atoms with van der Waals surface area (Å²) >= 11 is 1.62. The monoisotopic (exact) mass is 179 g/mol. The van der Waals surface area contributed by atoms with Crippen molar-refractivity contribution >= 4 is 16.2 Å². The molecule has 2 aromatic heterocycles. The van der Waals surface area contributed by atoms with E-state index < -0.39 is 0 Å². The van der Waals surface area contributed by atoms with E-state index in [0.29, 0.717) is 0 Å². The van der Waals surface area contributed by atoms with Crippen LogP contribution in [0.15, 0.2) is 22.3 Å². The van der Waals surface area contributed by atoms with Crippen molar-refractivity contribution in [3.8, 4) is 0 Å². The molecule has 0 saturated heterocycles. The first-order chi connectivity index (χ1) is 5.70. The molecule has 2 heterocycles. The molecule has 0 unspecified atom stereocenters. The zero-order valence-electron chi connectivity index (χ0n) is 7.00. The van der Waals surface area contributed by atoms with Crippen LogP contribution in [0, 0.1) is 13.8 Å². The molecule has 0 N–H and O–H groups in total. The Balaban J connectivity index is 3.09. The molecule has 2 aromatic rings. The highest BCUT2D eigenvalue weighted by molar-refractivity contribution is 7.15. The summed E-state index contributed by atoms with van der Waals surface area (Å²) in [4.78, 5) is 12.4. The second-order valence-corrected chi connectivity index (χ2v) is 3.73. The molecule has 0 spiro atoms. The highest BCUT2D eigenvalue weighted by atomic mass is 32.1. The highest BCUT2D eigenvalue weighted by Gasteiger charge is 2.02. The molecule has 0 aliphatic rings. The third kappa shape index (κ3) is 0.898. The lowest BCUT2D eigenvalue weighted by molar-refractivity contribution is 1.05. The van der Waals surface area contributed by atoms with Gasteiger partial charge in [0.25, 0.3) is 5.56 Å². The molecule has 0 saturated carbocycles. The summed E-state index contributed by atoms with van der Waals surface area (Å²) in [5.74, 6) is 0. The Morgan fingerprint density at radius 2 is 2.08 bits per heavy atom. The van der Waals surface area contributed by atoms with Crippen molar-refractivity contribution < 1.29 is 0 Å². The fraction of sp³-hybridized carbons (Fsp3) is 0.222. The van der Waals surface area contributed by atoms with Crippen LogP contribution in [0.25, 0.3) is 4.83 Å². The summed E-state index contributed by atoms with van der Waals surface area (Å²) in [6.07, 6.45) is 0. The molecule has 2 nitrogen and oxygen atoms in total. The zero-order chi connectivity index (χ0) is 8.72. The number of aryl methyl sites for hydroxylation is 2. The number of rotatable bonds is 0. The lowest BCUT2D eigenvalue weighted by atomic mass is 10.3. The topological polar surface area (TPSA) is 21.5 Å². The minimum atomic E-state index is 0.0642. The summed E-state index contributed by atoms with van der Waals surface area (Å²) in [7, 11) is 0. The van der Waals surface area contributed by atoms with Gasteiger partial charge in [-0.05, 0) is 19.4 Å². The van der Waals surface area contributed by atoms with Crippen LogP contribution in [-0.4, -0.2) is 4.40 Å². The van der Waals surface area contributed by atoms with E-state index in [1.807, 2.05) is 25.3 Å². The van der Waals surface area contributed by atoms with Gasteiger partial charge in [0.05, 0.1) is 0 Å². The molecular formula is C9H9NOS. The predicted molar refractivity (Wildman–Crippen MR) is 51.0 cm³/mol. The molecule has 62 valence electrons. The Labute approximate surface area is 74.1 Å². The lowest BCUT2D eigenvalue weighted by Gasteiger charge is -1.96. The van der Waals surface area contributed by atoms with E-state index in [0.717, 1.165) is 16.1 Å². The minimum Gasteiger partial charge on any atom is -0.271 e. The average molecular weight is 179 g/mol. The van der Waals surface area contributed by atoms with Crippen LogP contribution in [0.3, 0.4) is 0 Å². The fourth-order valence-corrected chi connectivity index (χ4v) is 2.27. The number of hydrogen-bond donors (Lipinski definition) is 0. The number of nitrogens with zero attached hydrogens (tertiary/aromatic N) is 1. The van der Waals surface area contributed by atoms with Crippen molar-refractivity contribution in [1.82, 2.24) is 4.40 Å². The van der Waals surface area contributed by atoms with E-state index in [4.69, 9.17) is 0 Å². The second kappa shape index (κ2) is 2.45. The molecule has 2 rings (SSSR count). The largest absolute Gasteiger partial charge is 0.271 e. The molecule has 0 aliphatic heterocycles. The zero-order valence-corrected chi connectivity index (χ0v) is 7.81. The number of fused-ring (bicyclic) bond motifs is 1. The summed E-state index contributed by atoms with van der Waals surface area (Å²) in [6, 6.07) is 3.48. The number of aromatic nitrogens is 1. The number of pyridine rings is 1. The van der Waals surface area contributed by atoms with Crippen LogP contribution in [-0.2, 0) is 0 Å². The Kier molecular flexibility index (Phi) is 1.54. The fourth-order valence-electron chi connectivity index (χ4n) is 1.29. The smallest absolute Gasteiger partial charge is 0.255 e. The Bertz CT molecular complexity index is 481. The third-order valence-electron chi connectivity index (χ3n) is 1.93. The van der Waals surface area contributed by atoms with Gasteiger partial charge in [0, 0.05) is 17.1 Å². The van der Waals surface area contributed by atoms with Crippen LogP contribution >= 0.6 is 11.3 Å². The quantitative estimate of drug-likeness (QED) is 0.606. The van der Waals surface area contributed by atoms with Gasteiger partial charge in [-0.25, -0.2) is 0 Å². The molecule has 12 heavy (non-hydrogen) atoms. The highest BCUT2D eigenvalue weighted by Crippen LogP contribution is 2.16. The maximum absolute atomic E-state index is 11.4. The molecule has 0 aromatic carbocycles. The molecule has 0 aliphatic carbocycles. The lowest BCUT2D eigenvalue weighted by Crippen LogP contribution is -2.11. The molecule has 0 bridgehead atoms. The molecule has 0 fully saturated rings. The van der Waals surface area contributed by atoms with Gasteiger partial charge in [-0.15, -0.1) is 11.3 Å².